The molecule has 6 rings (SSSR count). The van der Waals surface area contributed by atoms with Crippen molar-refractivity contribution in [2.24, 2.45) is 0 Å². The first kappa shape index (κ1) is 23.2. The highest BCUT2D eigenvalue weighted by Gasteiger charge is 2.24. The van der Waals surface area contributed by atoms with Crippen molar-refractivity contribution >= 4 is 28.4 Å². The number of piperazine rings is 1. The first-order valence-corrected chi connectivity index (χ1v) is 12.1. The number of hydrogen-bond acceptors (Lipinski definition) is 8. The number of anilines is 2. The molecule has 192 valence electrons. The molecule has 0 bridgehead atoms. The number of halogens is 2. The zero-order valence-electron chi connectivity index (χ0n) is 20.1. The molecule has 2 N–H and O–H groups in total. The summed E-state index contributed by atoms with van der Waals surface area (Å²) in [7, 11) is 0. The van der Waals surface area contributed by atoms with E-state index < -0.39 is 11.6 Å². The smallest absolute Gasteiger partial charge is 0.330 e. The number of rotatable bonds is 6. The third-order valence-corrected chi connectivity index (χ3v) is 6.78. The lowest BCUT2D eigenvalue weighted by Crippen LogP contribution is -2.47. The molecule has 0 radical (unpaired) electrons. The fourth-order valence-corrected chi connectivity index (χ4v) is 4.89. The van der Waals surface area contributed by atoms with Crippen LogP contribution in [0, 0.1) is 11.6 Å². The number of aromatic nitrogens is 6. The van der Waals surface area contributed by atoms with Crippen molar-refractivity contribution in [3.63, 3.8) is 0 Å². The lowest BCUT2D eigenvalue weighted by atomic mass is 10.2. The second kappa shape index (κ2) is 9.00. The Kier molecular flexibility index (Phi) is 5.63. The molecule has 5 heterocycles. The summed E-state index contributed by atoms with van der Waals surface area (Å²) in [6.07, 6.45) is 1.53. The maximum absolute atomic E-state index is 14.2. The van der Waals surface area contributed by atoms with Crippen LogP contribution in [0.5, 0.6) is 0 Å². The fourth-order valence-electron chi connectivity index (χ4n) is 4.89. The molecule has 0 unspecified atom stereocenters. The van der Waals surface area contributed by atoms with Crippen LogP contribution in [0.25, 0.3) is 28.4 Å². The van der Waals surface area contributed by atoms with Crippen molar-refractivity contribution in [2.45, 2.75) is 20.0 Å². The Labute approximate surface area is 209 Å². The molecule has 11 nitrogen and oxygen atoms in total. The van der Waals surface area contributed by atoms with Gasteiger partial charge in [-0.05, 0) is 31.2 Å². The zero-order valence-corrected chi connectivity index (χ0v) is 20.1. The largest absolute Gasteiger partial charge is 0.461 e. The molecule has 0 amide bonds. The number of fused-ring (bicyclic) bond motifs is 3. The average Bonchev–Trinajstić information content (AvgIpc) is 3.62. The van der Waals surface area contributed by atoms with Crippen LogP contribution in [0.2, 0.25) is 0 Å². The number of nitrogens with zero attached hydrogens (tertiary/aromatic N) is 8. The molecule has 4 aromatic heterocycles. The Hall–Kier alpha value is -4.26. The minimum atomic E-state index is -0.591. The van der Waals surface area contributed by atoms with Gasteiger partial charge in [0.15, 0.2) is 17.1 Å². The molecule has 5 aromatic rings. The molecule has 0 atom stereocenters. The molecule has 1 aliphatic heterocycles. The number of imidazole rings is 1. The third kappa shape index (κ3) is 3.91. The molecular formula is C24H25F2N9O2. The summed E-state index contributed by atoms with van der Waals surface area (Å²) >= 11 is 0. The summed E-state index contributed by atoms with van der Waals surface area (Å²) < 4.78 is 37.5. The van der Waals surface area contributed by atoms with Crippen LogP contribution < -0.4 is 16.3 Å². The lowest BCUT2D eigenvalue weighted by molar-refractivity contribution is 0.247. The molecule has 1 aliphatic rings. The summed E-state index contributed by atoms with van der Waals surface area (Å²) in [5.74, 6) is -0.202. The monoisotopic (exact) mass is 509 g/mol. The van der Waals surface area contributed by atoms with E-state index in [2.05, 4.69) is 20.0 Å². The summed E-state index contributed by atoms with van der Waals surface area (Å²) in [5.41, 5.74) is 7.85. The van der Waals surface area contributed by atoms with Crippen molar-refractivity contribution in [3.05, 3.63) is 58.7 Å². The minimum Gasteiger partial charge on any atom is -0.461 e. The van der Waals surface area contributed by atoms with Gasteiger partial charge in [-0.3, -0.25) is 14.0 Å². The Morgan fingerprint density at radius 1 is 1.03 bits per heavy atom. The van der Waals surface area contributed by atoms with Crippen molar-refractivity contribution in [1.29, 1.82) is 0 Å². The van der Waals surface area contributed by atoms with E-state index in [0.717, 1.165) is 6.07 Å². The van der Waals surface area contributed by atoms with Gasteiger partial charge in [0.25, 0.3) is 0 Å². The van der Waals surface area contributed by atoms with Crippen LogP contribution in [0.3, 0.4) is 0 Å². The van der Waals surface area contributed by atoms with Gasteiger partial charge < -0.3 is 15.1 Å². The van der Waals surface area contributed by atoms with Gasteiger partial charge in [0, 0.05) is 51.9 Å². The summed E-state index contributed by atoms with van der Waals surface area (Å²) in [5, 5.41) is 4.42. The SMILES string of the molecule is CCn1c(=O)n(CCN2CCN(c3ccc(F)cc3F)CC2)c2nc(N)n3nc(-c4ccco4)nc3c21. The van der Waals surface area contributed by atoms with E-state index in [1.807, 2.05) is 11.8 Å². The van der Waals surface area contributed by atoms with E-state index in [0.29, 0.717) is 79.9 Å². The highest BCUT2D eigenvalue weighted by molar-refractivity contribution is 5.88. The van der Waals surface area contributed by atoms with E-state index >= 15 is 0 Å². The van der Waals surface area contributed by atoms with Crippen LogP contribution in [0.15, 0.2) is 45.8 Å². The molecule has 0 spiro atoms. The topological polar surface area (TPSA) is 116 Å². The summed E-state index contributed by atoms with van der Waals surface area (Å²) in [6, 6.07) is 7.13. The molecule has 1 saturated heterocycles. The van der Waals surface area contributed by atoms with Gasteiger partial charge >= 0.3 is 5.69 Å². The van der Waals surface area contributed by atoms with Gasteiger partial charge in [-0.2, -0.15) is 9.50 Å². The van der Waals surface area contributed by atoms with E-state index in [1.165, 1.54) is 22.9 Å². The maximum Gasteiger partial charge on any atom is 0.330 e. The van der Waals surface area contributed by atoms with Gasteiger partial charge in [-0.25, -0.2) is 18.6 Å². The van der Waals surface area contributed by atoms with Crippen LogP contribution in [0.1, 0.15) is 6.92 Å². The van der Waals surface area contributed by atoms with Gasteiger partial charge in [0.2, 0.25) is 11.8 Å². The van der Waals surface area contributed by atoms with E-state index in [-0.39, 0.29) is 11.6 Å². The number of furan rings is 1. The number of hydrogen-bond donors (Lipinski definition) is 1. The highest BCUT2D eigenvalue weighted by atomic mass is 19.1. The second-order valence-corrected chi connectivity index (χ2v) is 8.89. The molecule has 1 aromatic carbocycles. The van der Waals surface area contributed by atoms with E-state index in [9.17, 15) is 13.6 Å². The van der Waals surface area contributed by atoms with Crippen LogP contribution >= 0.6 is 0 Å². The molecule has 13 heteroatoms. The quantitative estimate of drug-likeness (QED) is 0.371. The van der Waals surface area contributed by atoms with Crippen LogP contribution in [-0.4, -0.2) is 66.3 Å². The Morgan fingerprint density at radius 3 is 2.54 bits per heavy atom. The first-order valence-electron chi connectivity index (χ1n) is 12.1. The van der Waals surface area contributed by atoms with Crippen molar-refractivity contribution in [2.75, 3.05) is 43.4 Å². The average molecular weight is 510 g/mol. The molecule has 1 fully saturated rings. The molecule has 37 heavy (non-hydrogen) atoms. The second-order valence-electron chi connectivity index (χ2n) is 8.89. The van der Waals surface area contributed by atoms with Gasteiger partial charge in [-0.15, -0.1) is 5.10 Å². The fraction of sp³-hybridized carbons (Fsp3) is 0.333. The van der Waals surface area contributed by atoms with Crippen molar-refractivity contribution < 1.29 is 13.2 Å². The van der Waals surface area contributed by atoms with Gasteiger partial charge in [0.05, 0.1) is 12.0 Å². The standard InChI is InChI=1S/C24H25F2N9O2/c1-2-33-19-21(29-23(27)35-22(19)28-20(30-35)18-4-3-13-37-18)34(24(33)36)12-9-31-7-10-32(11-8-31)17-6-5-15(25)14-16(17)26/h3-6,13-14H,2,7-12H2,1H3,(H2,27,29). The number of benzene rings is 1. The summed E-state index contributed by atoms with van der Waals surface area (Å²) in [6.45, 7) is 5.84. The van der Waals surface area contributed by atoms with Crippen molar-refractivity contribution in [1.82, 2.24) is 33.6 Å². The Balaban J connectivity index is 1.26. The molecule has 0 saturated carbocycles. The third-order valence-electron chi connectivity index (χ3n) is 6.78. The molecular weight excluding hydrogens is 484 g/mol. The summed E-state index contributed by atoms with van der Waals surface area (Å²) in [4.78, 5) is 26.6. The minimum absolute atomic E-state index is 0.116. The molecule has 0 aliphatic carbocycles. The maximum atomic E-state index is 14.2. The van der Waals surface area contributed by atoms with Gasteiger partial charge in [0.1, 0.15) is 17.2 Å². The van der Waals surface area contributed by atoms with E-state index in [4.69, 9.17) is 10.2 Å². The highest BCUT2D eigenvalue weighted by Crippen LogP contribution is 2.24. The zero-order chi connectivity index (χ0) is 25.7. The Bertz CT molecular complexity index is 1650. The van der Waals surface area contributed by atoms with Crippen LogP contribution in [-0.2, 0) is 13.1 Å². The lowest BCUT2D eigenvalue weighted by Gasteiger charge is -2.36. The number of nitrogen functional groups attached to an aromatic ring is 1. The normalized spacial score (nSPS) is 14.8. The van der Waals surface area contributed by atoms with Gasteiger partial charge in [-0.1, -0.05) is 0 Å². The van der Waals surface area contributed by atoms with Crippen LogP contribution in [0.4, 0.5) is 20.4 Å². The van der Waals surface area contributed by atoms with E-state index in [1.54, 1.807) is 21.3 Å². The number of nitrogens with two attached hydrogens (primary N) is 1. The number of aryl methyl sites for hydroxylation is 1. The van der Waals surface area contributed by atoms with Crippen molar-refractivity contribution in [3.8, 4) is 11.6 Å². The first-order chi connectivity index (χ1) is 17.9. The predicted octanol–water partition coefficient (Wildman–Crippen LogP) is 2.20. The Morgan fingerprint density at radius 2 is 1.84 bits per heavy atom. The predicted molar refractivity (Wildman–Crippen MR) is 133 cm³/mol.